The van der Waals surface area contributed by atoms with Crippen molar-refractivity contribution in [3.8, 4) is 0 Å². The van der Waals surface area contributed by atoms with Gasteiger partial charge in [0, 0.05) is 31.1 Å². The number of nitrogens with zero attached hydrogens (tertiary/aromatic N) is 4. The van der Waals surface area contributed by atoms with Crippen LogP contribution in [0.3, 0.4) is 0 Å². The Kier molecular flexibility index (Phi) is 6.76. The summed E-state index contributed by atoms with van der Waals surface area (Å²) in [6, 6.07) is 23.5. The number of ketones is 1. The number of likely N-dealkylation sites (N-methyl/N-ethyl adjacent to an activating group) is 1. The Bertz CT molecular complexity index is 1430. The van der Waals surface area contributed by atoms with E-state index >= 15 is 0 Å². The van der Waals surface area contributed by atoms with Crippen molar-refractivity contribution < 1.29 is 9.59 Å². The highest BCUT2D eigenvalue weighted by Gasteiger charge is 2.42. The number of benzene rings is 3. The minimum atomic E-state index is -0.111. The van der Waals surface area contributed by atoms with Gasteiger partial charge in [0.25, 0.3) is 5.91 Å². The zero-order valence-corrected chi connectivity index (χ0v) is 22.2. The monoisotopic (exact) mass is 511 g/mol. The Morgan fingerprint density at radius 2 is 1.70 bits per heavy atom. The van der Waals surface area contributed by atoms with E-state index in [9.17, 15) is 9.59 Å². The first-order valence-electron chi connectivity index (χ1n) is 12.2. The number of hydrogen-bond acceptors (Lipinski definition) is 6. The maximum atomic E-state index is 14.0. The van der Waals surface area contributed by atoms with E-state index < -0.39 is 0 Å². The molecule has 0 aromatic heterocycles. The Hall–Kier alpha value is -4.04. The van der Waals surface area contributed by atoms with E-state index in [4.69, 9.17) is 4.99 Å². The molecule has 37 heavy (non-hydrogen) atoms. The van der Waals surface area contributed by atoms with Crippen LogP contribution >= 0.6 is 11.8 Å². The van der Waals surface area contributed by atoms with Crippen LogP contribution in [0.2, 0.25) is 0 Å². The Labute approximate surface area is 221 Å². The summed E-state index contributed by atoms with van der Waals surface area (Å²) in [5.74, 6) is 0.368. The van der Waals surface area contributed by atoms with Crippen LogP contribution < -0.4 is 10.2 Å². The smallest absolute Gasteiger partial charge is 0.280 e. The number of carbonyl (C=O) groups is 2. The lowest BCUT2D eigenvalue weighted by Gasteiger charge is -2.20. The van der Waals surface area contributed by atoms with Crippen molar-refractivity contribution >= 4 is 46.5 Å². The number of anilines is 2. The van der Waals surface area contributed by atoms with Gasteiger partial charge in [0.1, 0.15) is 10.7 Å². The second kappa shape index (κ2) is 10.1. The second-order valence-electron chi connectivity index (χ2n) is 8.95. The van der Waals surface area contributed by atoms with Crippen LogP contribution in [0.15, 0.2) is 93.4 Å². The predicted octanol–water partition coefficient (Wildman–Crippen LogP) is 5.69. The van der Waals surface area contributed by atoms with E-state index in [0.29, 0.717) is 36.0 Å². The van der Waals surface area contributed by atoms with E-state index in [2.05, 4.69) is 22.3 Å². The molecule has 188 valence electrons. The molecule has 0 atom stereocenters. The number of para-hydroxylation sites is 1. The molecule has 2 heterocycles. The van der Waals surface area contributed by atoms with Gasteiger partial charge in [0.15, 0.2) is 5.78 Å². The van der Waals surface area contributed by atoms with E-state index in [-0.39, 0.29) is 11.7 Å². The number of guanidine groups is 1. The maximum Gasteiger partial charge on any atom is 0.280 e. The molecule has 0 radical (unpaired) electrons. The average Bonchev–Trinajstić information content (AvgIpc) is 3.34. The highest BCUT2D eigenvalue weighted by atomic mass is 32.2. The lowest BCUT2D eigenvalue weighted by Crippen LogP contribution is -2.32. The highest BCUT2D eigenvalue weighted by molar-refractivity contribution is 8.03. The van der Waals surface area contributed by atoms with Gasteiger partial charge in [-0.1, -0.05) is 54.2 Å². The minimum Gasteiger partial charge on any atom is -0.384 e. The largest absolute Gasteiger partial charge is 0.384 e. The molecule has 5 rings (SSSR count). The topological polar surface area (TPSA) is 68.2 Å². The minimum absolute atomic E-state index is 0.0361. The summed E-state index contributed by atoms with van der Waals surface area (Å²) in [6.07, 6.45) is 0. The van der Waals surface area contributed by atoms with E-state index in [1.165, 1.54) is 0 Å². The lowest BCUT2D eigenvalue weighted by molar-refractivity contribution is -0.123. The van der Waals surface area contributed by atoms with Crippen LogP contribution in [0.4, 0.5) is 17.1 Å². The predicted molar refractivity (Wildman–Crippen MR) is 150 cm³/mol. The molecule has 1 N–H and O–H groups in total. The third-order valence-corrected chi connectivity index (χ3v) is 7.67. The summed E-state index contributed by atoms with van der Waals surface area (Å²) in [5.41, 5.74) is 4.64. The zero-order chi connectivity index (χ0) is 26.1. The van der Waals surface area contributed by atoms with E-state index in [0.717, 1.165) is 26.9 Å². The molecule has 3 aromatic carbocycles. The summed E-state index contributed by atoms with van der Waals surface area (Å²) in [4.78, 5) is 37.9. The van der Waals surface area contributed by atoms with Crippen molar-refractivity contribution in [3.63, 3.8) is 0 Å². The average molecular weight is 512 g/mol. The molecular formula is C29H29N5O2S. The van der Waals surface area contributed by atoms with Crippen molar-refractivity contribution in [2.24, 2.45) is 4.99 Å². The molecular weight excluding hydrogens is 482 g/mol. The van der Waals surface area contributed by atoms with Crippen LogP contribution in [-0.4, -0.2) is 48.1 Å². The first kappa shape index (κ1) is 24.6. The van der Waals surface area contributed by atoms with Crippen LogP contribution in [-0.2, 0) is 11.3 Å². The Morgan fingerprint density at radius 1 is 0.973 bits per heavy atom. The molecule has 0 bridgehead atoms. The van der Waals surface area contributed by atoms with Gasteiger partial charge in [-0.25, -0.2) is 4.99 Å². The summed E-state index contributed by atoms with van der Waals surface area (Å²) in [6.45, 7) is 4.63. The van der Waals surface area contributed by atoms with Gasteiger partial charge >= 0.3 is 0 Å². The molecule has 1 fully saturated rings. The molecule has 0 unspecified atom stereocenters. The van der Waals surface area contributed by atoms with Gasteiger partial charge in [-0.05, 0) is 49.7 Å². The fraction of sp³-hybridized carbons (Fsp3) is 0.207. The summed E-state index contributed by atoms with van der Waals surface area (Å²) in [7, 11) is 3.86. The second-order valence-corrected chi connectivity index (χ2v) is 9.98. The van der Waals surface area contributed by atoms with Crippen molar-refractivity contribution in [2.45, 2.75) is 25.3 Å². The molecule has 0 spiro atoms. The number of Topliss-reactive ketones (excluding diaryl/α,β-unsaturated/α-hetero) is 1. The quantitative estimate of drug-likeness (QED) is 0.339. The van der Waals surface area contributed by atoms with Gasteiger partial charge in [-0.2, -0.15) is 0 Å². The molecule has 1 amide bonds. The summed E-state index contributed by atoms with van der Waals surface area (Å²) >= 11 is 1.59. The van der Waals surface area contributed by atoms with E-state index in [1.54, 1.807) is 35.7 Å². The van der Waals surface area contributed by atoms with Crippen molar-refractivity contribution in [1.29, 1.82) is 0 Å². The first-order valence-corrected chi connectivity index (χ1v) is 13.0. The molecule has 2 aliphatic heterocycles. The Morgan fingerprint density at radius 3 is 2.41 bits per heavy atom. The van der Waals surface area contributed by atoms with E-state index in [1.807, 2.05) is 74.4 Å². The third kappa shape index (κ3) is 4.60. The fourth-order valence-corrected chi connectivity index (χ4v) is 5.74. The molecule has 3 aromatic rings. The van der Waals surface area contributed by atoms with Gasteiger partial charge < -0.3 is 15.1 Å². The number of aliphatic imine (C=N–C) groups is 1. The summed E-state index contributed by atoms with van der Waals surface area (Å²) < 4.78 is 0. The molecule has 8 heteroatoms. The van der Waals surface area contributed by atoms with Crippen molar-refractivity contribution in [1.82, 2.24) is 9.80 Å². The van der Waals surface area contributed by atoms with Crippen LogP contribution in [0, 0.1) is 0 Å². The number of amides is 1. The fourth-order valence-electron chi connectivity index (χ4n) is 4.52. The van der Waals surface area contributed by atoms with Crippen LogP contribution in [0.25, 0.3) is 0 Å². The number of hydrogen-bond donors (Lipinski definition) is 1. The lowest BCUT2D eigenvalue weighted by atomic mass is 10.1. The zero-order valence-electron chi connectivity index (χ0n) is 21.4. The van der Waals surface area contributed by atoms with Crippen LogP contribution in [0.5, 0.6) is 0 Å². The Balaban J connectivity index is 1.65. The van der Waals surface area contributed by atoms with Crippen molar-refractivity contribution in [3.05, 3.63) is 94.6 Å². The number of rotatable bonds is 6. The van der Waals surface area contributed by atoms with Gasteiger partial charge in [0.2, 0.25) is 5.96 Å². The van der Waals surface area contributed by atoms with Gasteiger partial charge in [-0.15, -0.1) is 0 Å². The van der Waals surface area contributed by atoms with Crippen LogP contribution in [0.1, 0.15) is 29.8 Å². The summed E-state index contributed by atoms with van der Waals surface area (Å²) in [5, 5.41) is 4.19. The number of thioether (sulfide) groups is 1. The molecule has 0 saturated carbocycles. The van der Waals surface area contributed by atoms with Gasteiger partial charge in [-0.3, -0.25) is 14.5 Å². The first-order chi connectivity index (χ1) is 17.9. The molecule has 0 aliphatic carbocycles. The van der Waals surface area contributed by atoms with Gasteiger partial charge in [0.05, 0.1) is 23.6 Å². The number of carbonyl (C=O) groups excluding carboxylic acids is 2. The van der Waals surface area contributed by atoms with Crippen molar-refractivity contribution in [2.75, 3.05) is 30.9 Å². The molecule has 7 nitrogen and oxygen atoms in total. The SMILES string of the molecule is CCNc1ccc(C(C)=O)cc1N=C1N(Cc2ccccc2)C(=O)/C(=C2/Sc3ccccc3N2C)N1C. The number of nitrogens with one attached hydrogen (secondary N) is 1. The third-order valence-electron chi connectivity index (χ3n) is 6.44. The molecule has 2 aliphatic rings. The molecule has 1 saturated heterocycles. The highest BCUT2D eigenvalue weighted by Crippen LogP contribution is 2.47. The normalized spacial score (nSPS) is 18.1. The maximum absolute atomic E-state index is 14.0. The number of fused-ring (bicyclic) bond motifs is 1. The standard InChI is InChI=1S/C29H29N5O2S/c1-5-30-22-16-15-21(19(2)35)17-23(22)31-29-33(4)26(27(36)34(29)18-20-11-7-6-8-12-20)28-32(3)24-13-9-10-14-25(24)37-28/h6-17,30H,5,18H2,1-4H3/b28-26-,31-29?.